The van der Waals surface area contributed by atoms with E-state index in [2.05, 4.69) is 18.3 Å². The molecule has 1 atom stereocenters. The Hall–Kier alpha value is -0.300. The third kappa shape index (κ3) is 4.42. The zero-order chi connectivity index (χ0) is 12.6. The Morgan fingerprint density at radius 1 is 1.11 bits per heavy atom. The first-order valence-electron chi connectivity index (χ1n) is 8.31. The van der Waals surface area contributed by atoms with Crippen LogP contribution in [0.2, 0.25) is 0 Å². The maximum absolute atomic E-state index is 3.79. The average Bonchev–Trinajstić information content (AvgIpc) is 2.68. The first-order valence-corrected chi connectivity index (χ1v) is 8.31. The van der Waals surface area contributed by atoms with Crippen molar-refractivity contribution < 1.29 is 0 Å². The van der Waals surface area contributed by atoms with Gasteiger partial charge in [-0.2, -0.15) is 0 Å². The molecule has 2 rings (SSSR count). The van der Waals surface area contributed by atoms with Crippen LogP contribution >= 0.6 is 0 Å². The molecule has 1 nitrogen and oxygen atoms in total. The summed E-state index contributed by atoms with van der Waals surface area (Å²) in [6, 6.07) is 0.762. The van der Waals surface area contributed by atoms with Crippen molar-refractivity contribution >= 4 is 0 Å². The lowest BCUT2D eigenvalue weighted by Crippen LogP contribution is -2.36. The second-order valence-corrected chi connectivity index (χ2v) is 6.23. The van der Waals surface area contributed by atoms with Gasteiger partial charge in [0.05, 0.1) is 0 Å². The molecule has 0 spiro atoms. The van der Waals surface area contributed by atoms with E-state index in [-0.39, 0.29) is 0 Å². The first kappa shape index (κ1) is 14.1. The van der Waals surface area contributed by atoms with Gasteiger partial charge in [-0.1, -0.05) is 44.3 Å². The van der Waals surface area contributed by atoms with Gasteiger partial charge in [0.15, 0.2) is 0 Å². The first-order chi connectivity index (χ1) is 8.90. The van der Waals surface area contributed by atoms with Crippen LogP contribution < -0.4 is 5.32 Å². The summed E-state index contributed by atoms with van der Waals surface area (Å²) >= 11 is 0. The molecule has 104 valence electrons. The molecular weight excluding hydrogens is 218 g/mol. The molecule has 0 aromatic rings. The second kappa shape index (κ2) is 7.99. The molecule has 1 N–H and O–H groups in total. The summed E-state index contributed by atoms with van der Waals surface area (Å²) in [5.41, 5.74) is 1.75. The standard InChI is InChI=1S/C17H31N/c1-2-18-17(14-15-10-6-5-7-11-15)16-12-8-3-4-9-13-16/h10,16-18H,2-9,11-14H2,1H3. The van der Waals surface area contributed by atoms with Crippen LogP contribution in [0.5, 0.6) is 0 Å². The van der Waals surface area contributed by atoms with Gasteiger partial charge in [-0.05, 0) is 57.4 Å². The second-order valence-electron chi connectivity index (χ2n) is 6.23. The molecule has 2 aliphatic carbocycles. The third-order valence-corrected chi connectivity index (χ3v) is 4.80. The smallest absolute Gasteiger partial charge is 0.0132 e. The van der Waals surface area contributed by atoms with Crippen LogP contribution in [0.4, 0.5) is 0 Å². The zero-order valence-electron chi connectivity index (χ0n) is 12.2. The van der Waals surface area contributed by atoms with Gasteiger partial charge in [0.25, 0.3) is 0 Å². The molecular formula is C17H31N. The van der Waals surface area contributed by atoms with E-state index in [0.29, 0.717) is 0 Å². The Kier molecular flexibility index (Phi) is 6.26. The fraction of sp³-hybridized carbons (Fsp3) is 0.882. The van der Waals surface area contributed by atoms with E-state index in [4.69, 9.17) is 0 Å². The lowest BCUT2D eigenvalue weighted by Gasteiger charge is -2.29. The molecule has 1 unspecified atom stereocenters. The van der Waals surface area contributed by atoms with E-state index in [0.717, 1.165) is 18.5 Å². The molecule has 18 heavy (non-hydrogen) atoms. The number of hydrogen-bond donors (Lipinski definition) is 1. The predicted octanol–water partition coefficient (Wildman–Crippen LogP) is 4.83. The normalized spacial score (nSPS) is 24.4. The SMILES string of the molecule is CCNC(CC1=CCCCC1)C1CCCCCC1. The summed E-state index contributed by atoms with van der Waals surface area (Å²) in [7, 11) is 0. The molecule has 0 aromatic carbocycles. The van der Waals surface area contributed by atoms with E-state index in [1.807, 2.05) is 0 Å². The quantitative estimate of drug-likeness (QED) is 0.544. The van der Waals surface area contributed by atoms with Crippen LogP contribution in [0, 0.1) is 5.92 Å². The Morgan fingerprint density at radius 2 is 1.89 bits per heavy atom. The van der Waals surface area contributed by atoms with Gasteiger partial charge in [0.2, 0.25) is 0 Å². The minimum absolute atomic E-state index is 0.762. The van der Waals surface area contributed by atoms with Gasteiger partial charge < -0.3 is 5.32 Å². The van der Waals surface area contributed by atoms with Gasteiger partial charge in [0, 0.05) is 6.04 Å². The number of rotatable bonds is 5. The summed E-state index contributed by atoms with van der Waals surface area (Å²) in [4.78, 5) is 0. The molecule has 0 amide bonds. The fourth-order valence-electron chi connectivity index (χ4n) is 3.75. The Labute approximate surface area is 113 Å². The minimum Gasteiger partial charge on any atom is -0.314 e. The molecule has 0 saturated heterocycles. The van der Waals surface area contributed by atoms with E-state index >= 15 is 0 Å². The molecule has 0 aromatic heterocycles. The van der Waals surface area contributed by atoms with Crippen molar-refractivity contribution in [1.29, 1.82) is 0 Å². The molecule has 0 radical (unpaired) electrons. The van der Waals surface area contributed by atoms with Crippen LogP contribution in [-0.4, -0.2) is 12.6 Å². The van der Waals surface area contributed by atoms with Crippen molar-refractivity contribution in [2.75, 3.05) is 6.54 Å². The molecule has 0 aliphatic heterocycles. The summed E-state index contributed by atoms with van der Waals surface area (Å²) < 4.78 is 0. The highest BCUT2D eigenvalue weighted by Gasteiger charge is 2.23. The fourth-order valence-corrected chi connectivity index (χ4v) is 3.75. The van der Waals surface area contributed by atoms with E-state index in [1.165, 1.54) is 70.6 Å². The Morgan fingerprint density at radius 3 is 2.50 bits per heavy atom. The lowest BCUT2D eigenvalue weighted by molar-refractivity contribution is 0.318. The van der Waals surface area contributed by atoms with Crippen LogP contribution in [0.15, 0.2) is 11.6 Å². The van der Waals surface area contributed by atoms with Crippen LogP contribution in [0.1, 0.15) is 77.6 Å². The van der Waals surface area contributed by atoms with Crippen LogP contribution in [0.3, 0.4) is 0 Å². The summed E-state index contributed by atoms with van der Waals surface area (Å²) in [5, 5.41) is 3.79. The number of nitrogens with one attached hydrogen (secondary N) is 1. The molecule has 1 heteroatoms. The van der Waals surface area contributed by atoms with Gasteiger partial charge >= 0.3 is 0 Å². The summed E-state index contributed by atoms with van der Waals surface area (Å²) in [5.74, 6) is 0.940. The minimum atomic E-state index is 0.762. The van der Waals surface area contributed by atoms with Crippen molar-refractivity contribution in [3.63, 3.8) is 0 Å². The van der Waals surface area contributed by atoms with E-state index in [1.54, 1.807) is 5.57 Å². The molecule has 0 heterocycles. The number of hydrogen-bond acceptors (Lipinski definition) is 1. The predicted molar refractivity (Wildman–Crippen MR) is 79.8 cm³/mol. The molecule has 0 bridgehead atoms. The summed E-state index contributed by atoms with van der Waals surface area (Å²) in [6.07, 6.45) is 18.2. The molecule has 2 aliphatic rings. The van der Waals surface area contributed by atoms with Crippen molar-refractivity contribution in [3.05, 3.63) is 11.6 Å². The Balaban J connectivity index is 1.90. The maximum atomic E-state index is 3.79. The number of allylic oxidation sites excluding steroid dienone is 1. The van der Waals surface area contributed by atoms with Crippen LogP contribution in [0.25, 0.3) is 0 Å². The highest BCUT2D eigenvalue weighted by molar-refractivity contribution is 5.07. The topological polar surface area (TPSA) is 12.0 Å². The van der Waals surface area contributed by atoms with Crippen molar-refractivity contribution in [3.8, 4) is 0 Å². The summed E-state index contributed by atoms with van der Waals surface area (Å²) in [6.45, 7) is 3.40. The largest absolute Gasteiger partial charge is 0.314 e. The van der Waals surface area contributed by atoms with Crippen molar-refractivity contribution in [2.45, 2.75) is 83.6 Å². The van der Waals surface area contributed by atoms with Gasteiger partial charge in [0.1, 0.15) is 0 Å². The van der Waals surface area contributed by atoms with Gasteiger partial charge in [-0.25, -0.2) is 0 Å². The van der Waals surface area contributed by atoms with Crippen molar-refractivity contribution in [1.82, 2.24) is 5.32 Å². The van der Waals surface area contributed by atoms with Gasteiger partial charge in [-0.3, -0.25) is 0 Å². The Bertz CT molecular complexity index is 248. The van der Waals surface area contributed by atoms with Gasteiger partial charge in [-0.15, -0.1) is 0 Å². The molecule has 1 fully saturated rings. The third-order valence-electron chi connectivity index (χ3n) is 4.80. The van der Waals surface area contributed by atoms with E-state index < -0.39 is 0 Å². The average molecular weight is 249 g/mol. The van der Waals surface area contributed by atoms with Crippen molar-refractivity contribution in [2.24, 2.45) is 5.92 Å². The van der Waals surface area contributed by atoms with Crippen LogP contribution in [-0.2, 0) is 0 Å². The monoisotopic (exact) mass is 249 g/mol. The highest BCUT2D eigenvalue weighted by Crippen LogP contribution is 2.30. The molecule has 1 saturated carbocycles. The maximum Gasteiger partial charge on any atom is 0.0132 e. The zero-order valence-corrected chi connectivity index (χ0v) is 12.2. The highest BCUT2D eigenvalue weighted by atomic mass is 14.9. The van der Waals surface area contributed by atoms with E-state index in [9.17, 15) is 0 Å². The lowest BCUT2D eigenvalue weighted by atomic mass is 9.85.